The summed E-state index contributed by atoms with van der Waals surface area (Å²) in [4.78, 5) is 11.6. The molecule has 0 aliphatic carbocycles. The van der Waals surface area contributed by atoms with Crippen LogP contribution in [0.2, 0.25) is 0 Å². The van der Waals surface area contributed by atoms with Crippen LogP contribution in [0.5, 0.6) is 0 Å². The first kappa shape index (κ1) is 12.6. The van der Waals surface area contributed by atoms with Crippen LogP contribution in [0.4, 0.5) is 0 Å². The third-order valence-corrected chi connectivity index (χ3v) is 2.03. The Hall–Kier alpha value is -1.49. The Balaban J connectivity index is 3.12. The fourth-order valence-corrected chi connectivity index (χ4v) is 1.26. The summed E-state index contributed by atoms with van der Waals surface area (Å²) in [5, 5.41) is 13.2. The van der Waals surface area contributed by atoms with Crippen LogP contribution in [0, 0.1) is 6.92 Å². The molecule has 0 saturated heterocycles. The fraction of sp³-hybridized carbons (Fsp3) is 0.400. The van der Waals surface area contributed by atoms with Gasteiger partial charge in [-0.15, -0.1) is 11.6 Å². The molecule has 1 aromatic heterocycles. The van der Waals surface area contributed by atoms with Crippen molar-refractivity contribution in [3.8, 4) is 0 Å². The molecule has 0 amide bonds. The Labute approximate surface area is 97.6 Å². The van der Waals surface area contributed by atoms with Gasteiger partial charge >= 0.3 is 5.97 Å². The van der Waals surface area contributed by atoms with Crippen LogP contribution >= 0.6 is 11.6 Å². The van der Waals surface area contributed by atoms with E-state index in [9.17, 15) is 9.90 Å². The minimum atomic E-state index is -0.672. The molecule has 1 heterocycles. The van der Waals surface area contributed by atoms with Gasteiger partial charge in [0.2, 0.25) is 0 Å². The predicted octanol–water partition coefficient (Wildman–Crippen LogP) is 2.05. The maximum absolute atomic E-state index is 11.6. The zero-order chi connectivity index (χ0) is 12.1. The van der Waals surface area contributed by atoms with Crippen molar-refractivity contribution in [1.29, 1.82) is 0 Å². The lowest BCUT2D eigenvalue weighted by molar-refractivity contribution is -0.136. The Morgan fingerprint density at radius 3 is 2.81 bits per heavy atom. The molecule has 5 nitrogen and oxygen atoms in total. The van der Waals surface area contributed by atoms with E-state index in [2.05, 4.69) is 5.16 Å². The number of carbonyl (C=O) groups is 1. The van der Waals surface area contributed by atoms with Gasteiger partial charge in [0.1, 0.15) is 22.8 Å². The highest BCUT2D eigenvalue weighted by Crippen LogP contribution is 2.19. The number of hydrogen-bond donors (Lipinski definition) is 1. The lowest BCUT2D eigenvalue weighted by atomic mass is 10.1. The van der Waals surface area contributed by atoms with Gasteiger partial charge in [0.25, 0.3) is 0 Å². The molecule has 0 saturated carbocycles. The molecule has 0 fully saturated rings. The summed E-state index contributed by atoms with van der Waals surface area (Å²) in [6.45, 7) is 3.55. The van der Waals surface area contributed by atoms with E-state index in [1.165, 1.54) is 6.07 Å². The zero-order valence-corrected chi connectivity index (χ0v) is 9.74. The van der Waals surface area contributed by atoms with Crippen LogP contribution in [0.15, 0.2) is 16.3 Å². The molecule has 0 unspecified atom stereocenters. The fourth-order valence-electron chi connectivity index (χ4n) is 1.12. The van der Waals surface area contributed by atoms with Crippen molar-refractivity contribution in [2.24, 2.45) is 0 Å². The molecule has 0 radical (unpaired) electrons. The number of allylic oxidation sites excluding steroid dienone is 1. The molecule has 0 aromatic carbocycles. The number of alkyl halides is 1. The number of esters is 1. The summed E-state index contributed by atoms with van der Waals surface area (Å²) < 4.78 is 9.62. The van der Waals surface area contributed by atoms with Crippen molar-refractivity contribution in [2.75, 3.05) is 12.5 Å². The third kappa shape index (κ3) is 2.76. The van der Waals surface area contributed by atoms with Gasteiger partial charge in [0.05, 0.1) is 12.5 Å². The second kappa shape index (κ2) is 5.55. The van der Waals surface area contributed by atoms with Crippen LogP contribution in [-0.4, -0.2) is 28.7 Å². The highest BCUT2D eigenvalue weighted by atomic mass is 35.5. The largest absolute Gasteiger partial charge is 0.510 e. The van der Waals surface area contributed by atoms with E-state index in [-0.39, 0.29) is 29.5 Å². The number of aliphatic hydroxyl groups is 1. The second-order valence-corrected chi connectivity index (χ2v) is 3.27. The van der Waals surface area contributed by atoms with Crippen molar-refractivity contribution in [2.45, 2.75) is 13.8 Å². The Morgan fingerprint density at radius 1 is 1.69 bits per heavy atom. The van der Waals surface area contributed by atoms with Crippen molar-refractivity contribution in [3.05, 3.63) is 23.3 Å². The van der Waals surface area contributed by atoms with E-state index in [0.717, 1.165) is 0 Å². The maximum atomic E-state index is 11.6. The van der Waals surface area contributed by atoms with Crippen LogP contribution in [-0.2, 0) is 9.53 Å². The van der Waals surface area contributed by atoms with Gasteiger partial charge in [0.15, 0.2) is 0 Å². The molecular formula is C10H12ClNO4. The quantitative estimate of drug-likeness (QED) is 0.380. The number of aryl methyl sites for hydroxylation is 1. The number of halogens is 1. The third-order valence-electron chi connectivity index (χ3n) is 1.78. The number of hydrogen-bond acceptors (Lipinski definition) is 5. The molecule has 1 aromatic rings. The lowest BCUT2D eigenvalue weighted by Gasteiger charge is -2.05. The van der Waals surface area contributed by atoms with Gasteiger partial charge < -0.3 is 14.4 Å². The van der Waals surface area contributed by atoms with Crippen LogP contribution in [0.1, 0.15) is 18.4 Å². The summed E-state index contributed by atoms with van der Waals surface area (Å²) in [7, 11) is 0. The Kier molecular flexibility index (Phi) is 4.37. The summed E-state index contributed by atoms with van der Waals surface area (Å²) in [6, 6.07) is 1.52. The van der Waals surface area contributed by atoms with E-state index < -0.39 is 5.97 Å². The van der Waals surface area contributed by atoms with Crippen LogP contribution in [0.25, 0.3) is 5.57 Å². The molecule has 0 aliphatic heterocycles. The molecule has 0 aliphatic rings. The summed E-state index contributed by atoms with van der Waals surface area (Å²) in [6.07, 6.45) is 0. The second-order valence-electron chi connectivity index (χ2n) is 3.00. The molecule has 0 atom stereocenters. The van der Waals surface area contributed by atoms with Gasteiger partial charge in [0, 0.05) is 6.07 Å². The van der Waals surface area contributed by atoms with E-state index >= 15 is 0 Å². The monoisotopic (exact) mass is 245 g/mol. The van der Waals surface area contributed by atoms with Crippen molar-refractivity contribution < 1.29 is 19.2 Å². The van der Waals surface area contributed by atoms with Crippen LogP contribution < -0.4 is 0 Å². The average molecular weight is 246 g/mol. The number of carbonyl (C=O) groups excluding carboxylic acids is 1. The van der Waals surface area contributed by atoms with Gasteiger partial charge in [-0.3, -0.25) is 0 Å². The minimum absolute atomic E-state index is 0.0614. The first-order valence-corrected chi connectivity index (χ1v) is 5.22. The number of aliphatic hydroxyl groups excluding tert-OH is 1. The molecule has 0 bridgehead atoms. The number of nitrogens with zero attached hydrogens (tertiary/aromatic N) is 1. The molecule has 1 rings (SSSR count). The molecular weight excluding hydrogens is 234 g/mol. The van der Waals surface area contributed by atoms with E-state index in [0.29, 0.717) is 5.76 Å². The predicted molar refractivity (Wildman–Crippen MR) is 58.1 cm³/mol. The lowest BCUT2D eigenvalue weighted by Crippen LogP contribution is -2.10. The summed E-state index contributed by atoms with van der Waals surface area (Å²) in [5.41, 5.74) is 0.155. The van der Waals surface area contributed by atoms with Crippen molar-refractivity contribution in [3.63, 3.8) is 0 Å². The first-order chi connectivity index (χ1) is 7.60. The number of ether oxygens (including phenoxy) is 1. The normalized spacial score (nSPS) is 12.2. The van der Waals surface area contributed by atoms with Gasteiger partial charge in [-0.25, -0.2) is 4.79 Å². The summed E-state index contributed by atoms with van der Waals surface area (Å²) in [5.74, 6) is -0.624. The molecule has 0 spiro atoms. The zero-order valence-electron chi connectivity index (χ0n) is 8.99. The summed E-state index contributed by atoms with van der Waals surface area (Å²) >= 11 is 5.47. The van der Waals surface area contributed by atoms with Gasteiger partial charge in [-0.05, 0) is 13.8 Å². The molecule has 16 heavy (non-hydrogen) atoms. The average Bonchev–Trinajstić information content (AvgIpc) is 2.65. The molecule has 88 valence electrons. The Morgan fingerprint density at radius 2 is 2.38 bits per heavy atom. The van der Waals surface area contributed by atoms with E-state index in [4.69, 9.17) is 20.9 Å². The van der Waals surface area contributed by atoms with Gasteiger partial charge in [-0.1, -0.05) is 5.16 Å². The van der Waals surface area contributed by atoms with Crippen molar-refractivity contribution >= 4 is 23.1 Å². The van der Waals surface area contributed by atoms with Crippen molar-refractivity contribution in [1.82, 2.24) is 5.16 Å². The highest BCUT2D eigenvalue weighted by molar-refractivity contribution is 6.23. The molecule has 1 N–H and O–H groups in total. The smallest absolute Gasteiger partial charge is 0.343 e. The molecule has 6 heteroatoms. The van der Waals surface area contributed by atoms with E-state index in [1.54, 1.807) is 13.8 Å². The SMILES string of the molecule is CCOC(=O)C(=C(O)CCl)c1cc(C)on1. The maximum Gasteiger partial charge on any atom is 0.343 e. The number of aromatic nitrogens is 1. The Bertz CT molecular complexity index is 411. The number of rotatable bonds is 4. The standard InChI is InChI=1S/C10H12ClNO4/c1-3-15-10(14)9(8(13)5-11)7-4-6(2)16-12-7/h4,13H,3,5H2,1-2H3. The first-order valence-electron chi connectivity index (χ1n) is 4.69. The van der Waals surface area contributed by atoms with Gasteiger partial charge in [-0.2, -0.15) is 0 Å². The van der Waals surface area contributed by atoms with E-state index in [1.807, 2.05) is 0 Å². The topological polar surface area (TPSA) is 72.6 Å². The minimum Gasteiger partial charge on any atom is -0.510 e. The van der Waals surface area contributed by atoms with Crippen LogP contribution in [0.3, 0.4) is 0 Å². The highest BCUT2D eigenvalue weighted by Gasteiger charge is 2.21.